The molecule has 1 heterocycles. The molecule has 1 aromatic heterocycles. The van der Waals surface area contributed by atoms with Crippen molar-refractivity contribution in [2.75, 3.05) is 18.5 Å². The van der Waals surface area contributed by atoms with Crippen LogP contribution in [-0.2, 0) is 0 Å². The summed E-state index contributed by atoms with van der Waals surface area (Å²) in [5.41, 5.74) is 0.774. The Morgan fingerprint density at radius 1 is 1.53 bits per heavy atom. The number of anilines is 1. The minimum absolute atomic E-state index is 0.121. The maximum Gasteiger partial charge on any atom is 0.245 e. The van der Waals surface area contributed by atoms with E-state index in [4.69, 9.17) is 4.74 Å². The van der Waals surface area contributed by atoms with Crippen molar-refractivity contribution in [2.24, 2.45) is 0 Å². The third-order valence-corrected chi connectivity index (χ3v) is 3.58. The smallest absolute Gasteiger partial charge is 0.245 e. The molecule has 0 saturated carbocycles. The van der Waals surface area contributed by atoms with Crippen molar-refractivity contribution in [1.29, 1.82) is 0 Å². The first-order chi connectivity index (χ1) is 9.15. The van der Waals surface area contributed by atoms with Gasteiger partial charge in [-0.05, 0) is 40.8 Å². The average Bonchev–Trinajstić information content (AvgIpc) is 2.88. The van der Waals surface area contributed by atoms with Crippen LogP contribution >= 0.6 is 34.3 Å². The molecule has 2 rings (SSSR count). The fourth-order valence-corrected chi connectivity index (χ4v) is 2.35. The van der Waals surface area contributed by atoms with E-state index >= 15 is 0 Å². The zero-order valence-corrected chi connectivity index (χ0v) is 12.7. The van der Waals surface area contributed by atoms with Gasteiger partial charge in [0, 0.05) is 15.8 Å². The molecule has 0 aliphatic carbocycles. The molecule has 0 fully saturated rings. The molecule has 19 heavy (non-hydrogen) atoms. The Hall–Kier alpha value is -1.00. The maximum absolute atomic E-state index is 12.9. The highest BCUT2D eigenvalue weighted by Crippen LogP contribution is 2.18. The fourth-order valence-electron chi connectivity index (χ4n) is 1.32. The minimum atomic E-state index is -0.692. The summed E-state index contributed by atoms with van der Waals surface area (Å²) in [5, 5.41) is 12.8. The highest BCUT2D eigenvalue weighted by Gasteiger charge is 2.08. The molecule has 0 aliphatic rings. The van der Waals surface area contributed by atoms with Crippen molar-refractivity contribution >= 4 is 40.0 Å². The van der Waals surface area contributed by atoms with Gasteiger partial charge in [0.15, 0.2) is 0 Å². The second kappa shape index (κ2) is 6.96. The quantitative estimate of drug-likeness (QED) is 0.734. The second-order valence-corrected chi connectivity index (χ2v) is 5.43. The van der Waals surface area contributed by atoms with Crippen LogP contribution in [0.1, 0.15) is 0 Å². The molecule has 2 aromatic rings. The summed E-state index contributed by atoms with van der Waals surface area (Å²) in [7, 11) is 0. The van der Waals surface area contributed by atoms with E-state index < -0.39 is 6.10 Å². The first kappa shape index (κ1) is 14.4. The zero-order valence-electron chi connectivity index (χ0n) is 9.72. The molecule has 2 N–H and O–H groups in total. The highest BCUT2D eigenvalue weighted by atomic mass is 127. The van der Waals surface area contributed by atoms with E-state index in [0.29, 0.717) is 12.4 Å². The lowest BCUT2D eigenvalue weighted by atomic mass is 10.3. The first-order valence-corrected chi connectivity index (χ1v) is 7.23. The van der Waals surface area contributed by atoms with Gasteiger partial charge in [-0.15, -0.1) is 4.37 Å². The molecule has 0 saturated heterocycles. The molecule has 1 aromatic carbocycles. The number of hydrogen-bond acceptors (Lipinski definition) is 6. The number of rotatable bonds is 6. The number of aliphatic hydroxyl groups excluding tert-OH is 1. The van der Waals surface area contributed by atoms with Crippen LogP contribution in [0, 0.1) is 9.39 Å². The molecule has 0 spiro atoms. The molecule has 0 bridgehead atoms. The number of aliphatic hydroxyl groups is 1. The van der Waals surface area contributed by atoms with Crippen LogP contribution in [-0.4, -0.2) is 33.1 Å². The van der Waals surface area contributed by atoms with Crippen LogP contribution in [0.3, 0.4) is 0 Å². The van der Waals surface area contributed by atoms with E-state index in [9.17, 15) is 9.50 Å². The predicted molar refractivity (Wildman–Crippen MR) is 79.0 cm³/mol. The van der Waals surface area contributed by atoms with Crippen LogP contribution in [0.15, 0.2) is 24.4 Å². The van der Waals surface area contributed by atoms with Crippen molar-refractivity contribution < 1.29 is 14.2 Å². The molecule has 0 aliphatic heterocycles. The van der Waals surface area contributed by atoms with Crippen molar-refractivity contribution in [1.82, 2.24) is 8.75 Å². The highest BCUT2D eigenvalue weighted by molar-refractivity contribution is 14.1. The van der Waals surface area contributed by atoms with E-state index in [2.05, 4.69) is 14.1 Å². The Morgan fingerprint density at radius 2 is 2.37 bits per heavy atom. The Labute approximate surface area is 127 Å². The van der Waals surface area contributed by atoms with Crippen molar-refractivity contribution in [3.8, 4) is 5.88 Å². The monoisotopic (exact) mass is 395 g/mol. The summed E-state index contributed by atoms with van der Waals surface area (Å²) in [4.78, 5) is 0. The van der Waals surface area contributed by atoms with Crippen LogP contribution < -0.4 is 10.1 Å². The van der Waals surface area contributed by atoms with Gasteiger partial charge in [-0.25, -0.2) is 4.39 Å². The van der Waals surface area contributed by atoms with Gasteiger partial charge in [0.25, 0.3) is 0 Å². The maximum atomic E-state index is 12.9. The van der Waals surface area contributed by atoms with E-state index in [1.807, 2.05) is 22.6 Å². The number of halogens is 2. The molecule has 0 amide bonds. The second-order valence-electron chi connectivity index (χ2n) is 3.72. The molecule has 1 unspecified atom stereocenters. The van der Waals surface area contributed by atoms with E-state index in [-0.39, 0.29) is 12.4 Å². The number of nitrogens with zero attached hydrogens (tertiary/aromatic N) is 2. The van der Waals surface area contributed by atoms with Crippen molar-refractivity contribution in [3.05, 3.63) is 33.8 Å². The number of nitrogens with one attached hydrogen (secondary N) is 1. The number of hydrogen-bond donors (Lipinski definition) is 2. The predicted octanol–water partition coefficient (Wildman–Crippen LogP) is 2.13. The summed E-state index contributed by atoms with van der Waals surface area (Å²) >= 11 is 3.08. The van der Waals surface area contributed by atoms with Crippen LogP contribution in [0.5, 0.6) is 5.88 Å². The van der Waals surface area contributed by atoms with E-state index in [1.54, 1.807) is 6.07 Å². The molecular formula is C11H11FIN3O2S. The lowest BCUT2D eigenvalue weighted by Crippen LogP contribution is -2.26. The SMILES string of the molecule is OC(CNc1ccc(F)cc1I)COc1cnsn1. The molecular weight excluding hydrogens is 384 g/mol. The summed E-state index contributed by atoms with van der Waals surface area (Å²) in [5.74, 6) is 0.121. The van der Waals surface area contributed by atoms with E-state index in [0.717, 1.165) is 21.0 Å². The van der Waals surface area contributed by atoms with Crippen molar-refractivity contribution in [3.63, 3.8) is 0 Å². The number of ether oxygens (including phenoxy) is 1. The van der Waals surface area contributed by atoms with Gasteiger partial charge < -0.3 is 15.2 Å². The average molecular weight is 395 g/mol. The number of benzene rings is 1. The summed E-state index contributed by atoms with van der Waals surface area (Å²) < 4.78 is 26.5. The van der Waals surface area contributed by atoms with Gasteiger partial charge in [-0.3, -0.25) is 0 Å². The van der Waals surface area contributed by atoms with Gasteiger partial charge in [0.1, 0.15) is 24.7 Å². The van der Waals surface area contributed by atoms with Gasteiger partial charge in [0.05, 0.1) is 11.7 Å². The lowest BCUT2D eigenvalue weighted by Gasteiger charge is -2.13. The molecule has 8 heteroatoms. The van der Waals surface area contributed by atoms with Gasteiger partial charge in [-0.2, -0.15) is 4.37 Å². The Bertz CT molecular complexity index is 527. The molecule has 102 valence electrons. The van der Waals surface area contributed by atoms with Crippen LogP contribution in [0.2, 0.25) is 0 Å². The van der Waals surface area contributed by atoms with E-state index in [1.165, 1.54) is 18.3 Å². The molecule has 5 nitrogen and oxygen atoms in total. The number of aromatic nitrogens is 2. The summed E-state index contributed by atoms with van der Waals surface area (Å²) in [6, 6.07) is 4.43. The third-order valence-electron chi connectivity index (χ3n) is 2.22. The Morgan fingerprint density at radius 3 is 3.05 bits per heavy atom. The topological polar surface area (TPSA) is 67.3 Å². The molecule has 0 radical (unpaired) electrons. The summed E-state index contributed by atoms with van der Waals surface area (Å²) in [6.45, 7) is 0.426. The van der Waals surface area contributed by atoms with Gasteiger partial charge >= 0.3 is 0 Å². The minimum Gasteiger partial charge on any atom is -0.473 e. The lowest BCUT2D eigenvalue weighted by molar-refractivity contribution is 0.115. The molecule has 1 atom stereocenters. The summed E-state index contributed by atoms with van der Waals surface area (Å²) in [6.07, 6.45) is 0.802. The largest absolute Gasteiger partial charge is 0.473 e. The van der Waals surface area contributed by atoms with Crippen LogP contribution in [0.4, 0.5) is 10.1 Å². The Kier molecular flexibility index (Phi) is 5.28. The normalized spacial score (nSPS) is 12.2. The van der Waals surface area contributed by atoms with Gasteiger partial charge in [-0.1, -0.05) is 0 Å². The zero-order chi connectivity index (χ0) is 13.7. The standard InChI is InChI=1S/C11H11FIN3O2S/c12-7-1-2-10(9(13)3-7)14-4-8(17)6-18-11-5-15-19-16-11/h1-3,5,8,14,17H,4,6H2. The third kappa shape index (κ3) is 4.55. The first-order valence-electron chi connectivity index (χ1n) is 5.42. The van der Waals surface area contributed by atoms with Crippen molar-refractivity contribution in [2.45, 2.75) is 6.10 Å². The van der Waals surface area contributed by atoms with Crippen LogP contribution in [0.25, 0.3) is 0 Å². The fraction of sp³-hybridized carbons (Fsp3) is 0.273. The Balaban J connectivity index is 1.78. The van der Waals surface area contributed by atoms with Gasteiger partial charge in [0.2, 0.25) is 5.88 Å².